The van der Waals surface area contributed by atoms with Gasteiger partial charge in [-0.1, -0.05) is 15.1 Å². The summed E-state index contributed by atoms with van der Waals surface area (Å²) in [6, 6.07) is 0. The van der Waals surface area contributed by atoms with E-state index >= 15 is 0 Å². The Balaban J connectivity index is 0.000000130. The molecule has 0 atom stereocenters. The van der Waals surface area contributed by atoms with Crippen molar-refractivity contribution in [3.63, 3.8) is 0 Å². The molecule has 0 unspecified atom stereocenters. The van der Waals surface area contributed by atoms with Crippen molar-refractivity contribution >= 4 is 97.6 Å². The number of fused-ring (bicyclic) bond motifs is 3. The van der Waals surface area contributed by atoms with E-state index in [1.165, 1.54) is 19.0 Å². The van der Waals surface area contributed by atoms with Crippen LogP contribution in [-0.2, 0) is 37.9 Å². The Morgan fingerprint density at radius 1 is 0.452 bits per heavy atom. The normalized spacial score (nSPS) is 10.1. The van der Waals surface area contributed by atoms with Gasteiger partial charge in [-0.05, 0) is 0 Å². The second-order valence-corrected chi connectivity index (χ2v) is 6.50. The van der Waals surface area contributed by atoms with Crippen molar-refractivity contribution in [3.8, 4) is 0 Å². The maximum atomic E-state index is 4.89. The molecule has 0 aliphatic carbocycles. The van der Waals surface area contributed by atoms with Crippen molar-refractivity contribution in [1.82, 2.24) is 59.8 Å². The number of aromatic amines is 3. The van der Waals surface area contributed by atoms with E-state index in [-0.39, 0.29) is 26.2 Å². The molecule has 6 aromatic heterocycles. The van der Waals surface area contributed by atoms with Crippen LogP contribution in [-0.4, -0.2) is 86.0 Å². The summed E-state index contributed by atoms with van der Waals surface area (Å²) < 4.78 is 0. The maximum absolute atomic E-state index is 4.89. The Morgan fingerprint density at radius 2 is 0.742 bits per heavy atom. The number of nitrogens with zero attached hydrogens (tertiary/aromatic N) is 9. The topological polar surface area (TPSA) is 163 Å². The minimum Gasteiger partial charge on any atom is -0.758 e. The van der Waals surface area contributed by atoms with Crippen molar-refractivity contribution < 1.29 is 0 Å². The predicted molar refractivity (Wildman–Crippen MR) is 118 cm³/mol. The van der Waals surface area contributed by atoms with Gasteiger partial charge in [0.15, 0.2) is 16.9 Å². The zero-order valence-corrected chi connectivity index (χ0v) is 21.1. The van der Waals surface area contributed by atoms with E-state index in [9.17, 15) is 0 Å². The van der Waals surface area contributed by atoms with E-state index in [0.717, 1.165) is 16.6 Å². The van der Waals surface area contributed by atoms with E-state index in [0.29, 0.717) is 32.0 Å². The van der Waals surface area contributed by atoms with Crippen LogP contribution in [0, 0.1) is 0 Å². The molecular weight excluding hydrogens is 653 g/mol. The molecule has 0 aromatic carbocycles. The first kappa shape index (κ1) is 22.9. The zero-order valence-electron chi connectivity index (χ0n) is 15.2. The second kappa shape index (κ2) is 10.5. The van der Waals surface area contributed by atoms with Gasteiger partial charge in [-0.15, -0.1) is 0 Å². The van der Waals surface area contributed by atoms with Gasteiger partial charge in [-0.25, -0.2) is 29.9 Å². The number of hydrogen-bond donors (Lipinski definition) is 3. The summed E-state index contributed by atoms with van der Waals surface area (Å²) in [5.41, 5.74) is 4.08. The fraction of sp³-hybridized carbons (Fsp3) is 0. The molecule has 0 aliphatic rings. The molecule has 0 saturated carbocycles. The third kappa shape index (κ3) is 5.28. The first-order valence-corrected chi connectivity index (χ1v) is 9.29. The molecule has 12 nitrogen and oxygen atoms in total. The molecule has 0 spiro atoms. The first-order chi connectivity index (χ1) is 14.6. The first-order valence-electron chi connectivity index (χ1n) is 8.06. The van der Waals surface area contributed by atoms with Crippen molar-refractivity contribution in [2.24, 2.45) is 0 Å². The molecular formula is C15H9BiN12S3. The van der Waals surface area contributed by atoms with Crippen LogP contribution in [0.15, 0.2) is 53.0 Å². The number of H-pyrrole nitrogens is 3. The Bertz CT molecular complexity index is 1240. The predicted octanol–water partition coefficient (Wildman–Crippen LogP) is 0.395. The SMILES string of the molecule is [Bi+3].[S-]c1ncnc2nc[nH]c12.[S-]c1ncnc2nc[nH]c12.[S-]c1ncnc2nc[nH]c12. The minimum atomic E-state index is 0. The third-order valence-corrected chi connectivity index (χ3v) is 4.49. The largest absolute Gasteiger partial charge is 3.00 e. The van der Waals surface area contributed by atoms with Crippen molar-refractivity contribution in [2.75, 3.05) is 0 Å². The standard InChI is InChI=1S/3C5H4N4S.Bi/c3*10-5-3-4(7-1-6-3)8-2-9-5;/h3*1-2H,(H2,6,7,8,9,10);/q;;;+3/p-3. The zero-order chi connectivity index (χ0) is 20.9. The van der Waals surface area contributed by atoms with Crippen LogP contribution < -0.4 is 0 Å². The Kier molecular flexibility index (Phi) is 7.73. The minimum absolute atomic E-state index is 0. The molecule has 3 N–H and O–H groups in total. The Morgan fingerprint density at radius 3 is 1.00 bits per heavy atom. The number of imidazole rings is 3. The average Bonchev–Trinajstić information content (AvgIpc) is 3.50. The van der Waals surface area contributed by atoms with E-state index in [1.807, 2.05) is 0 Å². The molecule has 0 fully saturated rings. The summed E-state index contributed by atoms with van der Waals surface area (Å²) in [5.74, 6) is 0. The molecule has 0 saturated heterocycles. The van der Waals surface area contributed by atoms with Gasteiger partial charge in [-0.3, -0.25) is 15.0 Å². The molecule has 0 amide bonds. The van der Waals surface area contributed by atoms with Crippen LogP contribution in [0.4, 0.5) is 0 Å². The molecule has 6 heterocycles. The third-order valence-electron chi connectivity index (χ3n) is 3.56. The quantitative estimate of drug-likeness (QED) is 0.117. The number of hydrogen-bond acceptors (Lipinski definition) is 12. The number of nitrogens with one attached hydrogen (secondary N) is 3. The van der Waals surface area contributed by atoms with Crippen molar-refractivity contribution in [2.45, 2.75) is 15.1 Å². The average molecular weight is 663 g/mol. The molecule has 152 valence electrons. The summed E-state index contributed by atoms with van der Waals surface area (Å²) in [7, 11) is 0. The summed E-state index contributed by atoms with van der Waals surface area (Å²) >= 11 is 14.7. The smallest absolute Gasteiger partial charge is 0.758 e. The van der Waals surface area contributed by atoms with Crippen LogP contribution in [0.5, 0.6) is 0 Å². The maximum Gasteiger partial charge on any atom is 3.00 e. The number of rotatable bonds is 0. The van der Waals surface area contributed by atoms with Gasteiger partial charge in [-0.2, -0.15) is 0 Å². The van der Waals surface area contributed by atoms with Crippen LogP contribution in [0.3, 0.4) is 0 Å². The number of aromatic nitrogens is 12. The van der Waals surface area contributed by atoms with Gasteiger partial charge in [0.2, 0.25) is 0 Å². The fourth-order valence-electron chi connectivity index (χ4n) is 2.23. The molecule has 2 radical (unpaired) electrons. The van der Waals surface area contributed by atoms with E-state index < -0.39 is 0 Å². The van der Waals surface area contributed by atoms with E-state index in [4.69, 9.17) is 37.9 Å². The summed E-state index contributed by atoms with van der Waals surface area (Å²) in [5, 5.41) is 1.55. The van der Waals surface area contributed by atoms with Gasteiger partial charge in [0.1, 0.15) is 19.0 Å². The molecule has 16 heteroatoms. The van der Waals surface area contributed by atoms with Crippen LogP contribution >= 0.6 is 0 Å². The van der Waals surface area contributed by atoms with E-state index in [1.54, 1.807) is 19.0 Å². The van der Waals surface area contributed by atoms with Gasteiger partial charge < -0.3 is 52.8 Å². The molecule has 6 aromatic rings. The molecule has 0 aliphatic heterocycles. The Hall–Kier alpha value is -2.81. The molecule has 6 rings (SSSR count). The fourth-order valence-corrected chi connectivity index (χ4v) is 2.82. The summed E-state index contributed by atoms with van der Waals surface area (Å²) in [6.45, 7) is 0. The molecule has 0 bridgehead atoms. The van der Waals surface area contributed by atoms with Crippen LogP contribution in [0.2, 0.25) is 0 Å². The van der Waals surface area contributed by atoms with E-state index in [2.05, 4.69) is 59.8 Å². The van der Waals surface area contributed by atoms with Crippen molar-refractivity contribution in [3.05, 3.63) is 38.0 Å². The van der Waals surface area contributed by atoms with Gasteiger partial charge in [0, 0.05) is 0 Å². The van der Waals surface area contributed by atoms with Gasteiger partial charge in [0.05, 0.1) is 35.5 Å². The molecule has 31 heavy (non-hydrogen) atoms. The van der Waals surface area contributed by atoms with Crippen LogP contribution in [0.25, 0.3) is 33.5 Å². The van der Waals surface area contributed by atoms with Crippen LogP contribution in [0.1, 0.15) is 0 Å². The van der Waals surface area contributed by atoms with Gasteiger partial charge in [0.25, 0.3) is 0 Å². The summed E-state index contributed by atoms with van der Waals surface area (Å²) in [6.07, 6.45) is 8.88. The second-order valence-electron chi connectivity index (χ2n) is 5.34. The van der Waals surface area contributed by atoms with Crippen molar-refractivity contribution in [1.29, 1.82) is 0 Å². The van der Waals surface area contributed by atoms with Gasteiger partial charge >= 0.3 is 26.2 Å². The Labute approximate surface area is 209 Å². The summed E-state index contributed by atoms with van der Waals surface area (Å²) in [4.78, 5) is 43.3. The monoisotopic (exact) mass is 662 g/mol.